The van der Waals surface area contributed by atoms with Gasteiger partial charge in [0.05, 0.1) is 0 Å². The second-order valence-corrected chi connectivity index (χ2v) is 3.54. The number of rotatable bonds is 3. The molecule has 10 heavy (non-hydrogen) atoms. The maximum absolute atomic E-state index is 3.44. The summed E-state index contributed by atoms with van der Waals surface area (Å²) in [5, 5.41) is 3.44. The number of hydrogen-bond acceptors (Lipinski definition) is 1. The van der Waals surface area contributed by atoms with Gasteiger partial charge in [-0.05, 0) is 24.8 Å². The molecule has 0 radical (unpaired) electrons. The van der Waals surface area contributed by atoms with E-state index < -0.39 is 0 Å². The van der Waals surface area contributed by atoms with E-state index in [9.17, 15) is 0 Å². The zero-order chi connectivity index (χ0) is 6.85. The van der Waals surface area contributed by atoms with Gasteiger partial charge in [0, 0.05) is 6.04 Å². The van der Waals surface area contributed by atoms with Crippen LogP contribution in [0.25, 0.3) is 0 Å². The van der Waals surface area contributed by atoms with Crippen LogP contribution < -0.4 is 5.32 Å². The highest BCUT2D eigenvalue weighted by molar-refractivity contribution is 5.85. The van der Waals surface area contributed by atoms with Crippen molar-refractivity contribution in [2.24, 2.45) is 11.8 Å². The van der Waals surface area contributed by atoms with Gasteiger partial charge in [-0.15, -0.1) is 12.4 Å². The fourth-order valence-corrected chi connectivity index (χ4v) is 1.07. The standard InChI is InChI=1S/C8H17N.ClH/c1-6(2)9-5-8-4-7(8)3;/h6-9H,4-5H2,1-3H3;1H. The van der Waals surface area contributed by atoms with Crippen molar-refractivity contribution in [3.8, 4) is 0 Å². The molecule has 1 fully saturated rings. The second kappa shape index (κ2) is 4.20. The summed E-state index contributed by atoms with van der Waals surface area (Å²) in [7, 11) is 0. The lowest BCUT2D eigenvalue weighted by molar-refractivity contribution is 0.546. The molecule has 1 aliphatic rings. The first-order valence-corrected chi connectivity index (χ1v) is 3.93. The van der Waals surface area contributed by atoms with E-state index in [2.05, 4.69) is 26.1 Å². The van der Waals surface area contributed by atoms with Crippen LogP contribution >= 0.6 is 12.4 Å². The van der Waals surface area contributed by atoms with Crippen molar-refractivity contribution in [2.75, 3.05) is 6.54 Å². The van der Waals surface area contributed by atoms with E-state index in [-0.39, 0.29) is 12.4 Å². The van der Waals surface area contributed by atoms with E-state index >= 15 is 0 Å². The summed E-state index contributed by atoms with van der Waals surface area (Å²) in [6.07, 6.45) is 1.44. The zero-order valence-corrected chi connectivity index (χ0v) is 7.87. The van der Waals surface area contributed by atoms with Crippen molar-refractivity contribution in [3.63, 3.8) is 0 Å². The summed E-state index contributed by atoms with van der Waals surface area (Å²) in [5.41, 5.74) is 0. The van der Waals surface area contributed by atoms with Gasteiger partial charge < -0.3 is 5.32 Å². The first-order valence-electron chi connectivity index (χ1n) is 3.93. The third kappa shape index (κ3) is 3.43. The van der Waals surface area contributed by atoms with Gasteiger partial charge in [0.25, 0.3) is 0 Å². The second-order valence-electron chi connectivity index (χ2n) is 3.54. The molecule has 62 valence electrons. The lowest BCUT2D eigenvalue weighted by Crippen LogP contribution is -2.25. The molecule has 0 aromatic carbocycles. The van der Waals surface area contributed by atoms with Gasteiger partial charge in [-0.1, -0.05) is 20.8 Å². The minimum Gasteiger partial charge on any atom is -0.314 e. The predicted octanol–water partition coefficient (Wildman–Crippen LogP) is 2.06. The summed E-state index contributed by atoms with van der Waals surface area (Å²) >= 11 is 0. The minimum absolute atomic E-state index is 0. The van der Waals surface area contributed by atoms with Gasteiger partial charge in [-0.25, -0.2) is 0 Å². The Morgan fingerprint density at radius 1 is 1.50 bits per heavy atom. The van der Waals surface area contributed by atoms with Crippen LogP contribution in [0.5, 0.6) is 0 Å². The molecule has 0 aliphatic heterocycles. The van der Waals surface area contributed by atoms with Crippen LogP contribution in [-0.4, -0.2) is 12.6 Å². The Balaban J connectivity index is 0.000000810. The molecule has 2 heteroatoms. The van der Waals surface area contributed by atoms with Crippen LogP contribution in [-0.2, 0) is 0 Å². The van der Waals surface area contributed by atoms with Gasteiger partial charge in [0.15, 0.2) is 0 Å². The van der Waals surface area contributed by atoms with Crippen LogP contribution in [0.1, 0.15) is 27.2 Å². The maximum atomic E-state index is 3.44. The fourth-order valence-electron chi connectivity index (χ4n) is 1.07. The first-order chi connectivity index (χ1) is 4.20. The van der Waals surface area contributed by atoms with E-state index in [0.717, 1.165) is 11.8 Å². The molecule has 2 unspecified atom stereocenters. The molecule has 1 N–H and O–H groups in total. The average molecular weight is 164 g/mol. The fraction of sp³-hybridized carbons (Fsp3) is 1.00. The summed E-state index contributed by atoms with van der Waals surface area (Å²) in [6, 6.07) is 0.665. The van der Waals surface area contributed by atoms with Crippen molar-refractivity contribution in [1.82, 2.24) is 5.32 Å². The summed E-state index contributed by atoms with van der Waals surface area (Å²) in [5.74, 6) is 1.99. The van der Waals surface area contributed by atoms with Crippen molar-refractivity contribution < 1.29 is 0 Å². The van der Waals surface area contributed by atoms with E-state index in [0.29, 0.717) is 6.04 Å². The normalized spacial score (nSPS) is 30.0. The highest BCUT2D eigenvalue weighted by Gasteiger charge is 2.31. The number of halogens is 1. The molecule has 1 rings (SSSR count). The Morgan fingerprint density at radius 2 is 2.00 bits per heavy atom. The molecule has 1 aliphatic carbocycles. The third-order valence-electron chi connectivity index (χ3n) is 2.06. The largest absolute Gasteiger partial charge is 0.314 e. The Kier molecular flexibility index (Phi) is 4.30. The highest BCUT2D eigenvalue weighted by atomic mass is 35.5. The minimum atomic E-state index is 0. The molecule has 0 bridgehead atoms. The van der Waals surface area contributed by atoms with Crippen molar-refractivity contribution in [1.29, 1.82) is 0 Å². The van der Waals surface area contributed by atoms with Gasteiger partial charge in [-0.3, -0.25) is 0 Å². The van der Waals surface area contributed by atoms with E-state index in [1.54, 1.807) is 0 Å². The molecule has 0 spiro atoms. The van der Waals surface area contributed by atoms with Gasteiger partial charge in [-0.2, -0.15) is 0 Å². The maximum Gasteiger partial charge on any atom is 0.00104 e. The highest BCUT2D eigenvalue weighted by Crippen LogP contribution is 2.36. The number of nitrogens with one attached hydrogen (secondary N) is 1. The molecule has 1 nitrogen and oxygen atoms in total. The van der Waals surface area contributed by atoms with Crippen LogP contribution in [0.4, 0.5) is 0 Å². The quantitative estimate of drug-likeness (QED) is 0.672. The van der Waals surface area contributed by atoms with Crippen molar-refractivity contribution >= 4 is 12.4 Å². The lowest BCUT2D eigenvalue weighted by Gasteiger charge is -2.05. The van der Waals surface area contributed by atoms with Crippen molar-refractivity contribution in [3.05, 3.63) is 0 Å². The van der Waals surface area contributed by atoms with Gasteiger partial charge in [0.1, 0.15) is 0 Å². The van der Waals surface area contributed by atoms with Crippen LogP contribution in [0.2, 0.25) is 0 Å². The van der Waals surface area contributed by atoms with E-state index in [1.165, 1.54) is 13.0 Å². The molecule has 0 aromatic rings. The summed E-state index contributed by atoms with van der Waals surface area (Å²) in [4.78, 5) is 0. The van der Waals surface area contributed by atoms with E-state index in [4.69, 9.17) is 0 Å². The molecule has 1 saturated carbocycles. The van der Waals surface area contributed by atoms with Crippen molar-refractivity contribution in [2.45, 2.75) is 33.2 Å². The van der Waals surface area contributed by atoms with Crippen LogP contribution in [0.15, 0.2) is 0 Å². The molecular weight excluding hydrogens is 146 g/mol. The van der Waals surface area contributed by atoms with Crippen LogP contribution in [0, 0.1) is 11.8 Å². The monoisotopic (exact) mass is 163 g/mol. The Bertz CT molecular complexity index is 93.3. The topological polar surface area (TPSA) is 12.0 Å². The SMILES string of the molecule is CC(C)NCC1CC1C.Cl. The summed E-state index contributed by atoms with van der Waals surface area (Å²) < 4.78 is 0. The smallest absolute Gasteiger partial charge is 0.00104 e. The molecule has 0 saturated heterocycles. The van der Waals surface area contributed by atoms with Crippen LogP contribution in [0.3, 0.4) is 0 Å². The molecule has 2 atom stereocenters. The third-order valence-corrected chi connectivity index (χ3v) is 2.06. The molecule has 0 amide bonds. The summed E-state index contributed by atoms with van der Waals surface area (Å²) in [6.45, 7) is 7.96. The molecule has 0 aromatic heterocycles. The average Bonchev–Trinajstić information content (AvgIpc) is 2.42. The Hall–Kier alpha value is 0.250. The zero-order valence-electron chi connectivity index (χ0n) is 7.05. The van der Waals surface area contributed by atoms with Gasteiger partial charge in [0.2, 0.25) is 0 Å². The van der Waals surface area contributed by atoms with Gasteiger partial charge >= 0.3 is 0 Å². The number of hydrogen-bond donors (Lipinski definition) is 1. The molecule has 0 heterocycles. The lowest BCUT2D eigenvalue weighted by atomic mass is 10.3. The Morgan fingerprint density at radius 3 is 2.30 bits per heavy atom. The van der Waals surface area contributed by atoms with E-state index in [1.807, 2.05) is 0 Å². The molecular formula is C8H18ClN. The predicted molar refractivity (Wildman–Crippen MR) is 47.7 cm³/mol. The Labute approximate surface area is 70.0 Å². The first kappa shape index (κ1) is 10.2.